The van der Waals surface area contributed by atoms with E-state index in [1.54, 1.807) is 11.3 Å². The van der Waals surface area contributed by atoms with E-state index in [9.17, 15) is 0 Å². The summed E-state index contributed by atoms with van der Waals surface area (Å²) in [6.45, 7) is 7.39. The Balaban J connectivity index is 1.63. The third-order valence-corrected chi connectivity index (χ3v) is 5.78. The zero-order valence-electron chi connectivity index (χ0n) is 12.5. The van der Waals surface area contributed by atoms with Crippen molar-refractivity contribution in [2.24, 2.45) is 11.1 Å². The minimum Gasteiger partial charge on any atom is -0.339 e. The number of nitrogens with zero attached hydrogens (tertiary/aromatic N) is 4. The van der Waals surface area contributed by atoms with Crippen LogP contribution in [0.4, 0.5) is 5.13 Å². The Morgan fingerprint density at radius 3 is 3.10 bits per heavy atom. The van der Waals surface area contributed by atoms with Gasteiger partial charge >= 0.3 is 0 Å². The molecular weight excluding hydrogens is 282 g/mol. The molecule has 0 aromatic carbocycles. The predicted octanol–water partition coefficient (Wildman–Crippen LogP) is 2.33. The van der Waals surface area contributed by atoms with Crippen LogP contribution < -0.4 is 10.6 Å². The summed E-state index contributed by atoms with van der Waals surface area (Å²) in [5.41, 5.74) is 7.84. The maximum atomic E-state index is 6.36. The Hall–Kier alpha value is -1.40. The van der Waals surface area contributed by atoms with Crippen molar-refractivity contribution in [3.8, 4) is 0 Å². The Kier molecular flexibility index (Phi) is 2.87. The second kappa shape index (κ2) is 4.55. The molecule has 0 spiro atoms. The van der Waals surface area contributed by atoms with Crippen molar-refractivity contribution in [2.75, 3.05) is 11.4 Å². The fourth-order valence-corrected chi connectivity index (χ4v) is 4.56. The van der Waals surface area contributed by atoms with Crippen LogP contribution in [0.3, 0.4) is 0 Å². The van der Waals surface area contributed by atoms with Crippen LogP contribution in [0.5, 0.6) is 0 Å². The largest absolute Gasteiger partial charge is 0.339 e. The van der Waals surface area contributed by atoms with E-state index in [1.165, 1.54) is 10.6 Å². The highest BCUT2D eigenvalue weighted by Gasteiger charge is 2.34. The van der Waals surface area contributed by atoms with E-state index < -0.39 is 0 Å². The number of rotatable bonds is 1. The van der Waals surface area contributed by atoms with E-state index >= 15 is 0 Å². The van der Waals surface area contributed by atoms with Gasteiger partial charge in [0.05, 0.1) is 12.2 Å². The molecule has 1 aliphatic carbocycles. The van der Waals surface area contributed by atoms with Crippen LogP contribution in [-0.2, 0) is 19.5 Å². The van der Waals surface area contributed by atoms with Crippen molar-refractivity contribution in [1.82, 2.24) is 14.5 Å². The number of hydrogen-bond donors (Lipinski definition) is 1. The van der Waals surface area contributed by atoms with Gasteiger partial charge in [0.2, 0.25) is 0 Å². The van der Waals surface area contributed by atoms with Crippen molar-refractivity contribution in [3.05, 3.63) is 28.8 Å². The molecule has 0 amide bonds. The van der Waals surface area contributed by atoms with E-state index in [2.05, 4.69) is 34.5 Å². The lowest BCUT2D eigenvalue weighted by atomic mass is 9.77. The number of imidazole rings is 1. The normalized spacial score (nSPS) is 23.8. The van der Waals surface area contributed by atoms with Crippen LogP contribution in [-0.4, -0.2) is 21.1 Å². The lowest BCUT2D eigenvalue weighted by molar-refractivity contribution is 0.282. The summed E-state index contributed by atoms with van der Waals surface area (Å²) in [6, 6.07) is 0.141. The third-order valence-electron chi connectivity index (χ3n) is 4.49. The molecule has 5 nitrogen and oxygen atoms in total. The number of nitrogens with two attached hydrogens (primary N) is 1. The number of hydrogen-bond acceptors (Lipinski definition) is 5. The molecule has 1 atom stereocenters. The molecular formula is C15H21N5S. The Labute approximate surface area is 128 Å². The fraction of sp³-hybridized carbons (Fsp3) is 0.600. The van der Waals surface area contributed by atoms with Gasteiger partial charge < -0.3 is 15.2 Å². The van der Waals surface area contributed by atoms with Gasteiger partial charge in [-0.1, -0.05) is 25.2 Å². The number of fused-ring (bicyclic) bond motifs is 2. The molecule has 0 saturated carbocycles. The second-order valence-corrected chi connectivity index (χ2v) is 7.93. The van der Waals surface area contributed by atoms with Crippen molar-refractivity contribution in [1.29, 1.82) is 0 Å². The van der Waals surface area contributed by atoms with Gasteiger partial charge in [0.15, 0.2) is 5.13 Å². The third kappa shape index (κ3) is 2.26. The summed E-state index contributed by atoms with van der Waals surface area (Å²) < 4.78 is 2.22. The Bertz CT molecular complexity index is 671. The van der Waals surface area contributed by atoms with Crippen LogP contribution in [0, 0.1) is 5.41 Å². The minimum atomic E-state index is 0.141. The minimum absolute atomic E-state index is 0.141. The molecule has 112 valence electrons. The summed E-state index contributed by atoms with van der Waals surface area (Å²) in [7, 11) is 0. The van der Waals surface area contributed by atoms with Gasteiger partial charge in [0, 0.05) is 36.4 Å². The SMILES string of the molecule is CC1(C)Cc2nc(N3CCn4ccnc4C3)sc2C(N)C1. The van der Waals surface area contributed by atoms with Crippen LogP contribution >= 0.6 is 11.3 Å². The molecule has 3 heterocycles. The molecule has 0 saturated heterocycles. The van der Waals surface area contributed by atoms with E-state index in [0.717, 1.165) is 43.4 Å². The average Bonchev–Trinajstić information content (AvgIpc) is 3.01. The van der Waals surface area contributed by atoms with Gasteiger partial charge in [-0.3, -0.25) is 0 Å². The standard InChI is InChI=1S/C15H21N5S/c1-15(2)7-10(16)13-11(8-15)18-14(21-13)20-6-5-19-4-3-17-12(19)9-20/h3-4,10H,5-9,16H2,1-2H3. The second-order valence-electron chi connectivity index (χ2n) is 6.92. The first-order valence-corrected chi connectivity index (χ1v) is 8.34. The monoisotopic (exact) mass is 303 g/mol. The molecule has 2 aliphatic rings. The first kappa shape index (κ1) is 13.3. The van der Waals surface area contributed by atoms with Crippen molar-refractivity contribution in [3.63, 3.8) is 0 Å². The van der Waals surface area contributed by atoms with E-state index in [4.69, 9.17) is 10.7 Å². The topological polar surface area (TPSA) is 60.0 Å². The van der Waals surface area contributed by atoms with E-state index in [0.29, 0.717) is 0 Å². The van der Waals surface area contributed by atoms with Crippen molar-refractivity contribution >= 4 is 16.5 Å². The van der Waals surface area contributed by atoms with Gasteiger partial charge in [-0.25, -0.2) is 9.97 Å². The molecule has 0 radical (unpaired) electrons. The highest BCUT2D eigenvalue weighted by atomic mass is 32.1. The van der Waals surface area contributed by atoms with Crippen molar-refractivity contribution < 1.29 is 0 Å². The first-order valence-electron chi connectivity index (χ1n) is 7.52. The molecule has 0 bridgehead atoms. The zero-order chi connectivity index (χ0) is 14.6. The molecule has 0 fully saturated rings. The number of thiazole rings is 1. The van der Waals surface area contributed by atoms with E-state index in [1.807, 2.05) is 6.20 Å². The molecule has 6 heteroatoms. The quantitative estimate of drug-likeness (QED) is 0.878. The fourth-order valence-electron chi connectivity index (χ4n) is 3.45. The van der Waals surface area contributed by atoms with Gasteiger partial charge in [0.1, 0.15) is 5.82 Å². The highest BCUT2D eigenvalue weighted by molar-refractivity contribution is 7.15. The lowest BCUT2D eigenvalue weighted by Gasteiger charge is -2.32. The van der Waals surface area contributed by atoms with E-state index in [-0.39, 0.29) is 11.5 Å². The molecule has 4 rings (SSSR count). The van der Waals surface area contributed by atoms with Gasteiger partial charge in [0.25, 0.3) is 0 Å². The zero-order valence-corrected chi connectivity index (χ0v) is 13.4. The molecule has 21 heavy (non-hydrogen) atoms. The summed E-state index contributed by atoms with van der Waals surface area (Å²) in [5.74, 6) is 1.12. The molecule has 2 aromatic rings. The lowest BCUT2D eigenvalue weighted by Crippen LogP contribution is -2.33. The first-order chi connectivity index (χ1) is 10.0. The molecule has 1 aliphatic heterocycles. The van der Waals surface area contributed by atoms with Crippen molar-refractivity contribution in [2.45, 2.75) is 45.8 Å². The summed E-state index contributed by atoms with van der Waals surface area (Å²) in [6.07, 6.45) is 6.02. The predicted molar refractivity (Wildman–Crippen MR) is 84.4 cm³/mol. The van der Waals surface area contributed by atoms with Gasteiger partial charge in [-0.05, 0) is 18.3 Å². The van der Waals surface area contributed by atoms with Gasteiger partial charge in [-0.15, -0.1) is 0 Å². The highest BCUT2D eigenvalue weighted by Crippen LogP contribution is 2.43. The van der Waals surface area contributed by atoms with Crippen LogP contribution in [0.2, 0.25) is 0 Å². The van der Waals surface area contributed by atoms with Crippen LogP contribution in [0.25, 0.3) is 0 Å². The molecule has 2 N–H and O–H groups in total. The smallest absolute Gasteiger partial charge is 0.186 e. The maximum absolute atomic E-state index is 6.36. The Morgan fingerprint density at radius 1 is 1.38 bits per heavy atom. The van der Waals surface area contributed by atoms with Crippen LogP contribution in [0.1, 0.15) is 42.7 Å². The molecule has 2 aromatic heterocycles. The summed E-state index contributed by atoms with van der Waals surface area (Å²) in [5, 5.41) is 1.11. The summed E-state index contributed by atoms with van der Waals surface area (Å²) >= 11 is 1.78. The summed E-state index contributed by atoms with van der Waals surface area (Å²) in [4.78, 5) is 13.0. The Morgan fingerprint density at radius 2 is 2.24 bits per heavy atom. The van der Waals surface area contributed by atoms with Crippen LogP contribution in [0.15, 0.2) is 12.4 Å². The number of anilines is 1. The average molecular weight is 303 g/mol. The molecule has 1 unspecified atom stereocenters. The van der Waals surface area contributed by atoms with Gasteiger partial charge in [-0.2, -0.15) is 0 Å². The maximum Gasteiger partial charge on any atom is 0.186 e. The number of aromatic nitrogens is 3.